The van der Waals surface area contributed by atoms with Crippen molar-refractivity contribution in [2.45, 2.75) is 68.1 Å². The van der Waals surface area contributed by atoms with Crippen LogP contribution in [0.5, 0.6) is 5.75 Å². The van der Waals surface area contributed by atoms with Crippen molar-refractivity contribution >= 4 is 11.2 Å². The molecule has 44 heavy (non-hydrogen) atoms. The van der Waals surface area contributed by atoms with Crippen molar-refractivity contribution in [3.63, 3.8) is 0 Å². The average Bonchev–Trinajstić information content (AvgIpc) is 3.58. The predicted octanol–water partition coefficient (Wildman–Crippen LogP) is 3.35. The molecule has 0 bridgehead atoms. The molecule has 1 aliphatic heterocycles. The molecule has 10 nitrogen and oxygen atoms in total. The minimum Gasteiger partial charge on any atom is -0.491 e. The van der Waals surface area contributed by atoms with Gasteiger partial charge in [0.05, 0.1) is 17.6 Å². The maximum Gasteiger partial charge on any atom is 0.416 e. The Morgan fingerprint density at radius 1 is 1.02 bits per heavy atom. The van der Waals surface area contributed by atoms with Crippen LogP contribution in [0.2, 0.25) is 0 Å². The second-order valence-corrected chi connectivity index (χ2v) is 11.0. The number of ether oxygens (including phenoxy) is 2. The quantitative estimate of drug-likeness (QED) is 0.228. The van der Waals surface area contributed by atoms with Crippen molar-refractivity contribution in [2.75, 3.05) is 6.61 Å². The van der Waals surface area contributed by atoms with Gasteiger partial charge in [0.1, 0.15) is 48.6 Å². The van der Waals surface area contributed by atoms with Crippen LogP contribution in [0.25, 0.3) is 11.2 Å². The largest absolute Gasteiger partial charge is 0.491 e. The van der Waals surface area contributed by atoms with Crippen LogP contribution in [0.1, 0.15) is 46.7 Å². The molecule has 2 aromatic heterocycles. The monoisotopic (exact) mass is 622 g/mol. The van der Waals surface area contributed by atoms with Gasteiger partial charge in [-0.05, 0) is 54.7 Å². The fraction of sp³-hybridized carbons (Fsp3) is 0.414. The van der Waals surface area contributed by atoms with Crippen LogP contribution >= 0.6 is 0 Å². The Bertz CT molecular complexity index is 1700. The summed E-state index contributed by atoms with van der Waals surface area (Å²) in [6, 6.07) is 8.02. The van der Waals surface area contributed by atoms with Gasteiger partial charge in [-0.3, -0.25) is 4.57 Å². The molecule has 15 heteroatoms. The van der Waals surface area contributed by atoms with Crippen molar-refractivity contribution < 1.29 is 51.9 Å². The van der Waals surface area contributed by atoms with E-state index in [1.165, 1.54) is 47.6 Å². The molecule has 0 saturated carbocycles. The Morgan fingerprint density at radius 2 is 1.77 bits per heavy atom. The number of halogens is 5. The summed E-state index contributed by atoms with van der Waals surface area (Å²) in [4.78, 5) is 12.4. The second-order valence-electron chi connectivity index (χ2n) is 11.0. The SMILES string of the molecule is Cc1ncnc2c1ncn2[C@@H]1O[C@H](COc2cc(CC[C@]3(O)c4ccccc4[C@@H](O)C3(F)F)cc(C(F)(F)F)c2)[C@@H](O)[C@H]1O. The lowest BCUT2D eigenvalue weighted by Crippen LogP contribution is -2.44. The smallest absolute Gasteiger partial charge is 0.416 e. The second kappa shape index (κ2) is 10.7. The van der Waals surface area contributed by atoms with E-state index in [9.17, 15) is 33.6 Å². The number of aryl methyl sites for hydroxylation is 2. The van der Waals surface area contributed by atoms with E-state index in [1.807, 2.05) is 0 Å². The first-order chi connectivity index (χ1) is 20.7. The summed E-state index contributed by atoms with van der Waals surface area (Å²) >= 11 is 0. The maximum atomic E-state index is 15.1. The topological polar surface area (TPSA) is 143 Å². The van der Waals surface area contributed by atoms with Gasteiger partial charge in [0.15, 0.2) is 17.5 Å². The van der Waals surface area contributed by atoms with Gasteiger partial charge in [-0.1, -0.05) is 24.3 Å². The summed E-state index contributed by atoms with van der Waals surface area (Å²) in [5, 5.41) is 42.5. The number of nitrogens with zero attached hydrogens (tertiary/aromatic N) is 4. The number of imidazole rings is 1. The number of aromatic nitrogens is 4. The summed E-state index contributed by atoms with van der Waals surface area (Å²) in [5.74, 6) is -4.29. The molecule has 0 amide bonds. The van der Waals surface area contributed by atoms with Crippen molar-refractivity contribution in [2.24, 2.45) is 0 Å². The predicted molar refractivity (Wildman–Crippen MR) is 141 cm³/mol. The fourth-order valence-corrected chi connectivity index (χ4v) is 5.82. The number of fused-ring (bicyclic) bond motifs is 2. The van der Waals surface area contributed by atoms with Gasteiger partial charge in [0.25, 0.3) is 0 Å². The summed E-state index contributed by atoms with van der Waals surface area (Å²) in [5.41, 5.74) is -3.01. The number of hydrogen-bond acceptors (Lipinski definition) is 9. The normalized spacial score (nSPS) is 28.0. The summed E-state index contributed by atoms with van der Waals surface area (Å²) < 4.78 is 84.2. The van der Waals surface area contributed by atoms with E-state index < -0.39 is 73.4 Å². The van der Waals surface area contributed by atoms with Crippen molar-refractivity contribution in [3.8, 4) is 5.75 Å². The zero-order chi connectivity index (χ0) is 31.6. The minimum absolute atomic E-state index is 0.0661. The van der Waals surface area contributed by atoms with Crippen LogP contribution in [0.15, 0.2) is 55.1 Å². The van der Waals surface area contributed by atoms with E-state index in [1.54, 1.807) is 6.92 Å². The summed E-state index contributed by atoms with van der Waals surface area (Å²) in [7, 11) is 0. The van der Waals surface area contributed by atoms with Crippen molar-refractivity contribution in [1.29, 1.82) is 0 Å². The third kappa shape index (κ3) is 4.88. The van der Waals surface area contributed by atoms with Gasteiger partial charge in [-0.15, -0.1) is 0 Å². The number of aliphatic hydroxyl groups is 4. The molecule has 4 aromatic rings. The zero-order valence-corrected chi connectivity index (χ0v) is 23.0. The van der Waals surface area contributed by atoms with Crippen LogP contribution in [-0.4, -0.2) is 70.8 Å². The molecule has 0 radical (unpaired) electrons. The van der Waals surface area contributed by atoms with E-state index in [0.717, 1.165) is 6.07 Å². The van der Waals surface area contributed by atoms with E-state index in [4.69, 9.17) is 9.47 Å². The van der Waals surface area contributed by atoms with Gasteiger partial charge in [-0.2, -0.15) is 22.0 Å². The average molecular weight is 623 g/mol. The molecule has 0 unspecified atom stereocenters. The Balaban J connectivity index is 1.21. The van der Waals surface area contributed by atoms with E-state index in [0.29, 0.717) is 22.9 Å². The third-order valence-electron chi connectivity index (χ3n) is 8.23. The highest BCUT2D eigenvalue weighted by Gasteiger charge is 2.64. The van der Waals surface area contributed by atoms with E-state index in [2.05, 4.69) is 15.0 Å². The summed E-state index contributed by atoms with van der Waals surface area (Å²) in [6.45, 7) is 1.24. The Hall–Kier alpha value is -3.76. The van der Waals surface area contributed by atoms with Crippen LogP contribution in [0, 0.1) is 6.92 Å². The highest BCUT2D eigenvalue weighted by atomic mass is 19.4. The number of aliphatic hydroxyl groups excluding tert-OH is 3. The highest BCUT2D eigenvalue weighted by Crippen LogP contribution is 2.56. The van der Waals surface area contributed by atoms with Crippen molar-refractivity contribution in [1.82, 2.24) is 19.5 Å². The molecule has 1 aliphatic carbocycles. The molecule has 4 N–H and O–H groups in total. The molecular formula is C29H27F5N4O6. The number of hydrogen-bond donors (Lipinski definition) is 4. The Kier molecular flexibility index (Phi) is 7.36. The molecular weight excluding hydrogens is 595 g/mol. The van der Waals surface area contributed by atoms with Crippen molar-refractivity contribution in [3.05, 3.63) is 83.1 Å². The van der Waals surface area contributed by atoms with Crippen LogP contribution in [-0.2, 0) is 22.9 Å². The van der Waals surface area contributed by atoms with Crippen LogP contribution in [0.3, 0.4) is 0 Å². The molecule has 1 fully saturated rings. The lowest BCUT2D eigenvalue weighted by molar-refractivity contribution is -0.226. The molecule has 1 saturated heterocycles. The Labute approximate surface area is 246 Å². The minimum atomic E-state index is -4.82. The molecule has 6 atom stereocenters. The molecule has 234 valence electrons. The maximum absolute atomic E-state index is 15.1. The first-order valence-corrected chi connectivity index (χ1v) is 13.6. The van der Waals surface area contributed by atoms with Gasteiger partial charge in [0, 0.05) is 0 Å². The number of alkyl halides is 5. The fourth-order valence-electron chi connectivity index (χ4n) is 5.82. The van der Waals surface area contributed by atoms with Crippen LogP contribution in [0.4, 0.5) is 22.0 Å². The molecule has 2 aromatic carbocycles. The lowest BCUT2D eigenvalue weighted by atomic mass is 9.86. The number of benzene rings is 2. The molecule has 2 aliphatic rings. The van der Waals surface area contributed by atoms with Gasteiger partial charge in [-0.25, -0.2) is 15.0 Å². The molecule has 6 rings (SSSR count). The van der Waals surface area contributed by atoms with Crippen LogP contribution < -0.4 is 4.74 Å². The summed E-state index contributed by atoms with van der Waals surface area (Å²) in [6.07, 6.45) is -10.8. The van der Waals surface area contributed by atoms with E-state index in [-0.39, 0.29) is 22.4 Å². The third-order valence-corrected chi connectivity index (χ3v) is 8.23. The van der Waals surface area contributed by atoms with Gasteiger partial charge in [0.2, 0.25) is 0 Å². The van der Waals surface area contributed by atoms with Gasteiger partial charge >= 0.3 is 12.1 Å². The first-order valence-electron chi connectivity index (χ1n) is 13.6. The Morgan fingerprint density at radius 3 is 2.52 bits per heavy atom. The lowest BCUT2D eigenvalue weighted by Gasteiger charge is -2.32. The number of rotatable bonds is 7. The molecule has 0 spiro atoms. The van der Waals surface area contributed by atoms with E-state index >= 15 is 8.78 Å². The first kappa shape index (κ1) is 30.3. The zero-order valence-electron chi connectivity index (χ0n) is 23.0. The van der Waals surface area contributed by atoms with Gasteiger partial charge < -0.3 is 29.9 Å². The molecule has 3 heterocycles. The standard InChI is InChI=1S/C29H27F5N4O6/c1-14-21-25(36-12-35-14)38(13-37-21)26-23(40)22(39)20(44-26)11-43-17-9-15(8-16(10-17)29(32,33)34)6-7-27(42)19-5-3-2-4-18(19)24(41)28(27,30)31/h2-5,8-10,12-13,20,22-24,26,39-42H,6-7,11H2,1H3/t20-,22-,23-,24-,26-,27+/m1/s1. The highest BCUT2D eigenvalue weighted by molar-refractivity contribution is 5.72.